The van der Waals surface area contributed by atoms with Crippen molar-refractivity contribution in [1.29, 1.82) is 0 Å². The Bertz CT molecular complexity index is 457. The number of aliphatic hydroxyl groups is 1. The third-order valence-electron chi connectivity index (χ3n) is 3.74. The lowest BCUT2D eigenvalue weighted by Gasteiger charge is -2.29. The van der Waals surface area contributed by atoms with Gasteiger partial charge >= 0.3 is 0 Å². The highest BCUT2D eigenvalue weighted by molar-refractivity contribution is 7.08. The molecule has 1 heterocycles. The predicted molar refractivity (Wildman–Crippen MR) is 84.4 cm³/mol. The van der Waals surface area contributed by atoms with Crippen molar-refractivity contribution in [3.63, 3.8) is 0 Å². The molecule has 0 aliphatic rings. The van der Waals surface area contributed by atoms with Gasteiger partial charge in [0.05, 0.1) is 5.60 Å². The molecular weight excluding hydrogens is 288 g/mol. The largest absolute Gasteiger partial charge is 0.388 e. The van der Waals surface area contributed by atoms with E-state index in [1.807, 2.05) is 19.2 Å². The average Bonchev–Trinajstić information content (AvgIpc) is 2.98. The SMILES string of the molecule is CCC(C)C(C)(O)CNC(=O)CCNC(=O)c1ccsc1. The van der Waals surface area contributed by atoms with E-state index in [-0.39, 0.29) is 37.2 Å². The first-order chi connectivity index (χ1) is 9.86. The predicted octanol–water partition coefficient (Wildman–Crippen LogP) is 1.78. The standard InChI is InChI=1S/C15H24N2O3S/c1-4-11(2)15(3,20)10-17-13(18)5-7-16-14(19)12-6-8-21-9-12/h6,8-9,11,20H,4-5,7,10H2,1-3H3,(H,16,19)(H,17,18). The highest BCUT2D eigenvalue weighted by Gasteiger charge is 2.27. The van der Waals surface area contributed by atoms with Gasteiger partial charge in [0.25, 0.3) is 5.91 Å². The molecule has 0 spiro atoms. The first kappa shape index (κ1) is 17.7. The second-order valence-electron chi connectivity index (χ2n) is 5.46. The van der Waals surface area contributed by atoms with Crippen LogP contribution < -0.4 is 10.6 Å². The second-order valence-corrected chi connectivity index (χ2v) is 6.24. The fourth-order valence-corrected chi connectivity index (χ4v) is 2.40. The number of hydrogen-bond acceptors (Lipinski definition) is 4. The number of nitrogens with one attached hydrogen (secondary N) is 2. The lowest BCUT2D eigenvalue weighted by atomic mass is 9.88. The number of hydrogen-bond donors (Lipinski definition) is 3. The maximum atomic E-state index is 11.7. The summed E-state index contributed by atoms with van der Waals surface area (Å²) in [5.74, 6) is -0.240. The van der Waals surface area contributed by atoms with Crippen LogP contribution in [0.2, 0.25) is 0 Å². The Kier molecular flexibility index (Phi) is 6.84. The van der Waals surface area contributed by atoms with Gasteiger partial charge in [-0.05, 0) is 24.3 Å². The van der Waals surface area contributed by atoms with Crippen LogP contribution in [0.25, 0.3) is 0 Å². The van der Waals surface area contributed by atoms with E-state index in [1.165, 1.54) is 11.3 Å². The molecule has 3 N–H and O–H groups in total. The summed E-state index contributed by atoms with van der Waals surface area (Å²) >= 11 is 1.46. The molecule has 0 aliphatic heterocycles. The molecule has 0 aliphatic carbocycles. The van der Waals surface area contributed by atoms with Gasteiger partial charge in [-0.3, -0.25) is 9.59 Å². The van der Waals surface area contributed by atoms with E-state index in [1.54, 1.807) is 18.4 Å². The van der Waals surface area contributed by atoms with Crippen molar-refractivity contribution in [2.45, 2.75) is 39.2 Å². The zero-order chi connectivity index (χ0) is 15.9. The van der Waals surface area contributed by atoms with Crippen molar-refractivity contribution in [2.75, 3.05) is 13.1 Å². The van der Waals surface area contributed by atoms with Gasteiger partial charge in [-0.1, -0.05) is 20.3 Å². The van der Waals surface area contributed by atoms with E-state index in [2.05, 4.69) is 10.6 Å². The van der Waals surface area contributed by atoms with Crippen LogP contribution in [0.4, 0.5) is 0 Å². The number of rotatable bonds is 8. The minimum Gasteiger partial charge on any atom is -0.388 e. The van der Waals surface area contributed by atoms with Crippen LogP contribution in [0.1, 0.15) is 44.0 Å². The smallest absolute Gasteiger partial charge is 0.252 e. The molecule has 1 aromatic heterocycles. The van der Waals surface area contributed by atoms with Crippen molar-refractivity contribution in [2.24, 2.45) is 5.92 Å². The molecule has 0 bridgehead atoms. The molecule has 5 nitrogen and oxygen atoms in total. The van der Waals surface area contributed by atoms with E-state index < -0.39 is 5.60 Å². The Balaban J connectivity index is 2.24. The quantitative estimate of drug-likeness (QED) is 0.684. The van der Waals surface area contributed by atoms with Crippen LogP contribution in [-0.4, -0.2) is 35.6 Å². The van der Waals surface area contributed by atoms with Gasteiger partial charge in [-0.15, -0.1) is 0 Å². The molecule has 2 amide bonds. The first-order valence-electron chi connectivity index (χ1n) is 7.16. The van der Waals surface area contributed by atoms with Gasteiger partial charge in [0.1, 0.15) is 0 Å². The van der Waals surface area contributed by atoms with Crippen molar-refractivity contribution in [3.05, 3.63) is 22.4 Å². The average molecular weight is 312 g/mol. The molecule has 1 aromatic rings. The molecule has 2 unspecified atom stereocenters. The van der Waals surface area contributed by atoms with Gasteiger partial charge in [-0.2, -0.15) is 11.3 Å². The molecule has 0 saturated heterocycles. The molecular formula is C15H24N2O3S. The summed E-state index contributed by atoms with van der Waals surface area (Å²) in [6, 6.07) is 1.74. The van der Waals surface area contributed by atoms with Crippen LogP contribution in [0.5, 0.6) is 0 Å². The zero-order valence-corrected chi connectivity index (χ0v) is 13.6. The number of thiophene rings is 1. The Morgan fingerprint density at radius 1 is 1.43 bits per heavy atom. The summed E-state index contributed by atoms with van der Waals surface area (Å²) in [5, 5.41) is 19.2. The van der Waals surface area contributed by atoms with E-state index in [0.29, 0.717) is 5.56 Å². The lowest BCUT2D eigenvalue weighted by molar-refractivity contribution is -0.122. The third kappa shape index (κ3) is 5.85. The van der Waals surface area contributed by atoms with Crippen LogP contribution in [0.3, 0.4) is 0 Å². The second kappa shape index (κ2) is 8.14. The summed E-state index contributed by atoms with van der Waals surface area (Å²) in [4.78, 5) is 23.4. The van der Waals surface area contributed by atoms with Gasteiger partial charge in [-0.25, -0.2) is 0 Å². The van der Waals surface area contributed by atoms with E-state index >= 15 is 0 Å². The van der Waals surface area contributed by atoms with Crippen molar-refractivity contribution < 1.29 is 14.7 Å². The minimum atomic E-state index is -0.912. The molecule has 118 valence electrons. The molecule has 0 saturated carbocycles. The maximum absolute atomic E-state index is 11.7. The van der Waals surface area contributed by atoms with Crippen molar-refractivity contribution >= 4 is 23.2 Å². The third-order valence-corrected chi connectivity index (χ3v) is 4.42. The topological polar surface area (TPSA) is 78.4 Å². The Hall–Kier alpha value is -1.40. The molecule has 6 heteroatoms. The molecule has 1 rings (SSSR count). The highest BCUT2D eigenvalue weighted by Crippen LogP contribution is 2.18. The van der Waals surface area contributed by atoms with Crippen LogP contribution >= 0.6 is 11.3 Å². The van der Waals surface area contributed by atoms with Gasteiger partial charge in [0.15, 0.2) is 0 Å². The molecule has 0 radical (unpaired) electrons. The summed E-state index contributed by atoms with van der Waals surface area (Å²) < 4.78 is 0. The van der Waals surface area contributed by atoms with Crippen molar-refractivity contribution in [1.82, 2.24) is 10.6 Å². The summed E-state index contributed by atoms with van der Waals surface area (Å²) in [6.07, 6.45) is 1.05. The van der Waals surface area contributed by atoms with Crippen LogP contribution in [-0.2, 0) is 4.79 Å². The first-order valence-corrected chi connectivity index (χ1v) is 8.10. The van der Waals surface area contributed by atoms with Crippen LogP contribution in [0.15, 0.2) is 16.8 Å². The summed E-state index contributed by atoms with van der Waals surface area (Å²) in [5.41, 5.74) is -0.301. The Morgan fingerprint density at radius 3 is 2.71 bits per heavy atom. The lowest BCUT2D eigenvalue weighted by Crippen LogP contribution is -2.45. The monoisotopic (exact) mass is 312 g/mol. The maximum Gasteiger partial charge on any atom is 0.252 e. The fourth-order valence-electron chi connectivity index (χ4n) is 1.77. The minimum absolute atomic E-state index is 0.107. The van der Waals surface area contributed by atoms with Gasteiger partial charge < -0.3 is 15.7 Å². The summed E-state index contributed by atoms with van der Waals surface area (Å²) in [6.45, 7) is 6.18. The van der Waals surface area contributed by atoms with Gasteiger partial charge in [0, 0.05) is 30.5 Å². The van der Waals surface area contributed by atoms with E-state index in [4.69, 9.17) is 0 Å². The zero-order valence-electron chi connectivity index (χ0n) is 12.8. The summed E-state index contributed by atoms with van der Waals surface area (Å²) in [7, 11) is 0. The van der Waals surface area contributed by atoms with Crippen LogP contribution in [0, 0.1) is 5.92 Å². The molecule has 0 aromatic carbocycles. The van der Waals surface area contributed by atoms with E-state index in [0.717, 1.165) is 6.42 Å². The molecule has 0 fully saturated rings. The number of carbonyl (C=O) groups is 2. The highest BCUT2D eigenvalue weighted by atomic mass is 32.1. The van der Waals surface area contributed by atoms with Crippen molar-refractivity contribution in [3.8, 4) is 0 Å². The molecule has 21 heavy (non-hydrogen) atoms. The van der Waals surface area contributed by atoms with Gasteiger partial charge in [0.2, 0.25) is 5.91 Å². The number of carbonyl (C=O) groups excluding carboxylic acids is 2. The van der Waals surface area contributed by atoms with E-state index in [9.17, 15) is 14.7 Å². The fraction of sp³-hybridized carbons (Fsp3) is 0.600. The Morgan fingerprint density at radius 2 is 2.14 bits per heavy atom. The Labute approximate surface area is 129 Å². The number of amides is 2. The molecule has 2 atom stereocenters. The normalized spacial score (nSPS) is 15.0.